The summed E-state index contributed by atoms with van der Waals surface area (Å²) < 4.78 is 29.1. The van der Waals surface area contributed by atoms with Crippen LogP contribution in [0.2, 0.25) is 0 Å². The minimum absolute atomic E-state index is 0.124. The van der Waals surface area contributed by atoms with Gasteiger partial charge in [0.25, 0.3) is 0 Å². The normalized spacial score (nSPS) is 28.9. The van der Waals surface area contributed by atoms with Gasteiger partial charge < -0.3 is 10.1 Å². The van der Waals surface area contributed by atoms with E-state index in [0.717, 1.165) is 25.3 Å². The Morgan fingerprint density at radius 2 is 2.16 bits per heavy atom. The summed E-state index contributed by atoms with van der Waals surface area (Å²) in [6.07, 6.45) is 1.58. The molecule has 0 bridgehead atoms. The van der Waals surface area contributed by atoms with Crippen molar-refractivity contribution in [3.63, 3.8) is 0 Å². The lowest BCUT2D eigenvalue weighted by Gasteiger charge is -2.26. The lowest BCUT2D eigenvalue weighted by atomic mass is 10.0. The third kappa shape index (κ3) is 2.77. The highest BCUT2D eigenvalue weighted by Gasteiger charge is 2.40. The summed E-state index contributed by atoms with van der Waals surface area (Å²) in [5, 5.41) is 3.33. The molecule has 0 aliphatic carbocycles. The Kier molecular flexibility index (Phi) is 3.06. The summed E-state index contributed by atoms with van der Waals surface area (Å²) in [4.78, 5) is 0. The molecule has 0 amide bonds. The van der Waals surface area contributed by atoms with Gasteiger partial charge in [-0.2, -0.15) is 0 Å². The van der Waals surface area contributed by atoms with Crippen LogP contribution in [-0.4, -0.2) is 32.1 Å². The summed E-state index contributed by atoms with van der Waals surface area (Å²) in [5.74, 6) is 1.15. The maximum atomic E-state index is 11.6. The molecule has 1 aromatic carbocycles. The zero-order chi connectivity index (χ0) is 13.5. The van der Waals surface area contributed by atoms with E-state index in [9.17, 15) is 8.42 Å². The Hall–Kier alpha value is -1.07. The summed E-state index contributed by atoms with van der Waals surface area (Å²) >= 11 is 0. The molecule has 2 aliphatic heterocycles. The molecule has 0 radical (unpaired) electrons. The van der Waals surface area contributed by atoms with Crippen molar-refractivity contribution in [2.24, 2.45) is 0 Å². The smallest absolute Gasteiger partial charge is 0.154 e. The third-order valence-electron chi connectivity index (χ3n) is 3.90. The maximum absolute atomic E-state index is 11.6. The van der Waals surface area contributed by atoms with Gasteiger partial charge >= 0.3 is 0 Å². The molecule has 104 valence electrons. The van der Waals surface area contributed by atoms with Gasteiger partial charge in [-0.25, -0.2) is 8.42 Å². The fraction of sp³-hybridized carbons (Fsp3) is 0.571. The zero-order valence-electron chi connectivity index (χ0n) is 11.1. The van der Waals surface area contributed by atoms with Crippen LogP contribution in [0, 0.1) is 0 Å². The zero-order valence-corrected chi connectivity index (χ0v) is 11.9. The van der Waals surface area contributed by atoms with E-state index in [4.69, 9.17) is 4.74 Å². The van der Waals surface area contributed by atoms with Crippen molar-refractivity contribution in [3.8, 4) is 5.75 Å². The van der Waals surface area contributed by atoms with Crippen LogP contribution in [-0.2, 0) is 22.8 Å². The molecule has 0 aromatic heterocycles. The third-order valence-corrected chi connectivity index (χ3v) is 5.77. The number of sulfone groups is 1. The number of fused-ring (bicyclic) bond motifs is 1. The fourth-order valence-electron chi connectivity index (χ4n) is 2.86. The van der Waals surface area contributed by atoms with Gasteiger partial charge in [-0.3, -0.25) is 0 Å². The first-order valence-corrected chi connectivity index (χ1v) is 8.50. The number of hydrogen-bond acceptors (Lipinski definition) is 4. The largest absolute Gasteiger partial charge is 0.486 e. The second-order valence-corrected chi connectivity index (χ2v) is 7.94. The lowest BCUT2D eigenvalue weighted by Crippen LogP contribution is -2.33. The molecule has 0 saturated carbocycles. The molecule has 1 fully saturated rings. The van der Waals surface area contributed by atoms with Crippen LogP contribution in [0.1, 0.15) is 24.5 Å². The average Bonchev–Trinajstić information content (AvgIpc) is 2.63. The van der Waals surface area contributed by atoms with Crippen LogP contribution in [0.5, 0.6) is 5.75 Å². The van der Waals surface area contributed by atoms with Gasteiger partial charge in [0.05, 0.1) is 11.5 Å². The maximum Gasteiger partial charge on any atom is 0.154 e. The van der Waals surface area contributed by atoms with Gasteiger partial charge in [0.2, 0.25) is 0 Å². The Morgan fingerprint density at radius 1 is 1.32 bits per heavy atom. The van der Waals surface area contributed by atoms with Gasteiger partial charge in [0, 0.05) is 13.0 Å². The second kappa shape index (κ2) is 4.49. The van der Waals surface area contributed by atoms with Crippen molar-refractivity contribution in [2.75, 3.05) is 18.1 Å². The van der Waals surface area contributed by atoms with Gasteiger partial charge in [-0.05, 0) is 43.1 Å². The highest BCUT2D eigenvalue weighted by Crippen LogP contribution is 2.30. The quantitative estimate of drug-likeness (QED) is 0.887. The van der Waals surface area contributed by atoms with E-state index in [1.807, 2.05) is 13.0 Å². The first-order valence-electron chi connectivity index (χ1n) is 6.68. The van der Waals surface area contributed by atoms with E-state index in [1.54, 1.807) is 0 Å². The Morgan fingerprint density at radius 3 is 2.89 bits per heavy atom. The molecule has 19 heavy (non-hydrogen) atoms. The summed E-state index contributed by atoms with van der Waals surface area (Å²) in [7, 11) is -2.93. The van der Waals surface area contributed by atoms with E-state index in [1.165, 1.54) is 11.1 Å². The van der Waals surface area contributed by atoms with Crippen molar-refractivity contribution in [1.29, 1.82) is 0 Å². The lowest BCUT2D eigenvalue weighted by molar-refractivity contribution is 0.117. The summed E-state index contributed by atoms with van der Waals surface area (Å²) in [6, 6.07) is 6.08. The van der Waals surface area contributed by atoms with Crippen molar-refractivity contribution in [3.05, 3.63) is 29.3 Å². The van der Waals surface area contributed by atoms with Gasteiger partial charge in [0.1, 0.15) is 11.4 Å². The van der Waals surface area contributed by atoms with Gasteiger partial charge in [-0.15, -0.1) is 0 Å². The molecule has 1 aromatic rings. The van der Waals surface area contributed by atoms with Crippen molar-refractivity contribution >= 4 is 9.84 Å². The molecule has 4 nitrogen and oxygen atoms in total. The number of benzene rings is 1. The van der Waals surface area contributed by atoms with Crippen LogP contribution >= 0.6 is 0 Å². The number of rotatable bonds is 2. The molecule has 1 saturated heterocycles. The highest BCUT2D eigenvalue weighted by atomic mass is 32.2. The van der Waals surface area contributed by atoms with E-state index >= 15 is 0 Å². The summed E-state index contributed by atoms with van der Waals surface area (Å²) in [6.45, 7) is 3.78. The molecule has 3 rings (SSSR count). The molecule has 2 heterocycles. The molecular formula is C14H19NO3S. The second-order valence-electron chi connectivity index (χ2n) is 5.75. The predicted octanol–water partition coefficient (Wildman–Crippen LogP) is 1.29. The molecule has 5 heteroatoms. The minimum Gasteiger partial charge on any atom is -0.486 e. The standard InChI is InChI=1S/C14H19NO3S/c1-14(5-7-19(16,17)10-14)18-13-3-2-12-9-15-6-4-11(12)8-13/h2-3,8,15H,4-7,9-10H2,1H3. The molecule has 1 unspecified atom stereocenters. The first kappa shape index (κ1) is 12.9. The van der Waals surface area contributed by atoms with E-state index in [2.05, 4.69) is 17.4 Å². The Balaban J connectivity index is 1.80. The van der Waals surface area contributed by atoms with E-state index in [-0.39, 0.29) is 11.5 Å². The van der Waals surface area contributed by atoms with E-state index in [0.29, 0.717) is 6.42 Å². The van der Waals surface area contributed by atoms with Gasteiger partial charge in [0.15, 0.2) is 9.84 Å². The van der Waals surface area contributed by atoms with Crippen molar-refractivity contribution in [2.45, 2.75) is 31.9 Å². The van der Waals surface area contributed by atoms with Crippen LogP contribution in [0.4, 0.5) is 0 Å². The molecule has 1 N–H and O–H groups in total. The Bertz CT molecular complexity index is 597. The topological polar surface area (TPSA) is 55.4 Å². The number of hydrogen-bond donors (Lipinski definition) is 1. The monoisotopic (exact) mass is 281 g/mol. The average molecular weight is 281 g/mol. The van der Waals surface area contributed by atoms with Crippen LogP contribution in [0.15, 0.2) is 18.2 Å². The van der Waals surface area contributed by atoms with Crippen LogP contribution < -0.4 is 10.1 Å². The van der Waals surface area contributed by atoms with E-state index < -0.39 is 15.4 Å². The minimum atomic E-state index is -2.93. The molecule has 0 spiro atoms. The van der Waals surface area contributed by atoms with Crippen LogP contribution in [0.3, 0.4) is 0 Å². The van der Waals surface area contributed by atoms with Crippen LogP contribution in [0.25, 0.3) is 0 Å². The van der Waals surface area contributed by atoms with Crippen molar-refractivity contribution < 1.29 is 13.2 Å². The number of ether oxygens (including phenoxy) is 1. The highest BCUT2D eigenvalue weighted by molar-refractivity contribution is 7.91. The Labute approximate surface area is 114 Å². The molecule has 1 atom stereocenters. The fourth-order valence-corrected chi connectivity index (χ4v) is 4.88. The van der Waals surface area contributed by atoms with Gasteiger partial charge in [-0.1, -0.05) is 6.07 Å². The predicted molar refractivity (Wildman–Crippen MR) is 74.2 cm³/mol. The first-order chi connectivity index (χ1) is 8.96. The SMILES string of the molecule is CC1(Oc2ccc3c(c2)CCNC3)CCS(=O)(=O)C1. The molecule has 2 aliphatic rings. The summed E-state index contributed by atoms with van der Waals surface area (Å²) in [5.41, 5.74) is 2.04. The van der Waals surface area contributed by atoms with Crippen molar-refractivity contribution in [1.82, 2.24) is 5.32 Å². The number of nitrogens with one attached hydrogen (secondary N) is 1. The molecular weight excluding hydrogens is 262 g/mol.